The van der Waals surface area contributed by atoms with Gasteiger partial charge in [-0.2, -0.15) is 0 Å². The summed E-state index contributed by atoms with van der Waals surface area (Å²) in [6, 6.07) is 22.0. The molecule has 21 heavy (non-hydrogen) atoms. The number of hydrogen-bond donors (Lipinski definition) is 0. The minimum absolute atomic E-state index is 0.818. The molecule has 2 nitrogen and oxygen atoms in total. The Morgan fingerprint density at radius 1 is 0.762 bits per heavy atom. The van der Waals surface area contributed by atoms with Crippen LogP contribution in [0.5, 0.6) is 11.5 Å². The number of halogens is 1. The van der Waals surface area contributed by atoms with E-state index in [0.717, 1.165) is 37.0 Å². The van der Waals surface area contributed by atoms with Gasteiger partial charge in [-0.25, -0.2) is 0 Å². The van der Waals surface area contributed by atoms with Crippen LogP contribution < -0.4 is 4.74 Å². The fourth-order valence-electron chi connectivity index (χ4n) is 2.42. The minimum atomic E-state index is 0.818. The van der Waals surface area contributed by atoms with E-state index in [1.807, 2.05) is 60.7 Å². The van der Waals surface area contributed by atoms with E-state index in [1.165, 1.54) is 0 Å². The van der Waals surface area contributed by atoms with E-state index in [-0.39, 0.29) is 0 Å². The van der Waals surface area contributed by atoms with Gasteiger partial charge in [0.1, 0.15) is 22.7 Å². The third-order valence-corrected chi connectivity index (χ3v) is 4.30. The van der Waals surface area contributed by atoms with Crippen molar-refractivity contribution in [3.63, 3.8) is 0 Å². The predicted molar refractivity (Wildman–Crippen MR) is 93.0 cm³/mol. The van der Waals surface area contributed by atoms with Crippen molar-refractivity contribution in [2.75, 3.05) is 0 Å². The number of rotatable bonds is 2. The Hall–Kier alpha value is -2.01. The van der Waals surface area contributed by atoms with E-state index in [1.54, 1.807) is 0 Å². The molecular weight excluding hydrogens is 375 g/mol. The lowest BCUT2D eigenvalue weighted by molar-refractivity contribution is 0.480. The number of hydrogen-bond acceptors (Lipinski definition) is 2. The van der Waals surface area contributed by atoms with E-state index in [9.17, 15) is 0 Å². The zero-order valence-electron chi connectivity index (χ0n) is 11.0. The molecule has 3 aromatic carbocycles. The Labute approximate surface area is 135 Å². The molecule has 0 spiro atoms. The zero-order chi connectivity index (χ0) is 14.2. The molecule has 0 saturated heterocycles. The summed E-state index contributed by atoms with van der Waals surface area (Å²) < 4.78 is 12.9. The Morgan fingerprint density at radius 3 is 2.43 bits per heavy atom. The lowest BCUT2D eigenvalue weighted by atomic mass is 10.1. The average Bonchev–Trinajstić information content (AvgIpc) is 2.88. The first-order chi connectivity index (χ1) is 10.3. The molecular formula is C18H11IO2. The SMILES string of the molecule is Ic1ccccc1Oc1ccc2oc3ccccc3c2c1. The zero-order valence-corrected chi connectivity index (χ0v) is 13.2. The van der Waals surface area contributed by atoms with Crippen molar-refractivity contribution in [3.05, 3.63) is 70.3 Å². The number of para-hydroxylation sites is 2. The van der Waals surface area contributed by atoms with Crippen LogP contribution in [0.1, 0.15) is 0 Å². The minimum Gasteiger partial charge on any atom is -0.456 e. The van der Waals surface area contributed by atoms with Gasteiger partial charge in [-0.3, -0.25) is 0 Å². The van der Waals surface area contributed by atoms with Crippen LogP contribution in [0.15, 0.2) is 71.1 Å². The normalized spacial score (nSPS) is 11.1. The molecule has 0 fully saturated rings. The van der Waals surface area contributed by atoms with Crippen LogP contribution in [0.25, 0.3) is 21.9 Å². The van der Waals surface area contributed by atoms with Crippen molar-refractivity contribution in [2.24, 2.45) is 0 Å². The van der Waals surface area contributed by atoms with Gasteiger partial charge in [0, 0.05) is 10.8 Å². The average molecular weight is 386 g/mol. The van der Waals surface area contributed by atoms with Gasteiger partial charge in [-0.15, -0.1) is 0 Å². The summed E-state index contributed by atoms with van der Waals surface area (Å²) in [4.78, 5) is 0. The van der Waals surface area contributed by atoms with E-state index in [2.05, 4.69) is 28.7 Å². The fourth-order valence-corrected chi connectivity index (χ4v) is 2.92. The summed E-state index contributed by atoms with van der Waals surface area (Å²) in [5, 5.41) is 2.19. The van der Waals surface area contributed by atoms with Gasteiger partial charge in [0.25, 0.3) is 0 Å². The van der Waals surface area contributed by atoms with Crippen molar-refractivity contribution in [1.82, 2.24) is 0 Å². The lowest BCUT2D eigenvalue weighted by Crippen LogP contribution is -1.86. The third kappa shape index (κ3) is 2.27. The quantitative estimate of drug-likeness (QED) is 0.396. The van der Waals surface area contributed by atoms with Crippen LogP contribution in [0.3, 0.4) is 0 Å². The number of ether oxygens (including phenoxy) is 1. The van der Waals surface area contributed by atoms with Crippen LogP contribution in [0.4, 0.5) is 0 Å². The molecule has 3 heteroatoms. The second-order valence-electron chi connectivity index (χ2n) is 4.79. The van der Waals surface area contributed by atoms with Gasteiger partial charge in [0.2, 0.25) is 0 Å². The predicted octanol–water partition coefficient (Wildman–Crippen LogP) is 5.98. The maximum Gasteiger partial charge on any atom is 0.140 e. The molecule has 4 aromatic rings. The van der Waals surface area contributed by atoms with Crippen molar-refractivity contribution >= 4 is 44.5 Å². The number of benzene rings is 3. The summed E-state index contributed by atoms with van der Waals surface area (Å²) in [7, 11) is 0. The molecule has 0 radical (unpaired) electrons. The van der Waals surface area contributed by atoms with Gasteiger partial charge < -0.3 is 9.15 Å². The standard InChI is InChI=1S/C18H11IO2/c19-15-6-2-4-8-18(15)20-12-9-10-17-14(11-12)13-5-1-3-7-16(13)21-17/h1-11H. The highest BCUT2D eigenvalue weighted by molar-refractivity contribution is 14.1. The van der Waals surface area contributed by atoms with Gasteiger partial charge >= 0.3 is 0 Å². The van der Waals surface area contributed by atoms with E-state index >= 15 is 0 Å². The molecule has 0 bridgehead atoms. The van der Waals surface area contributed by atoms with Crippen molar-refractivity contribution < 1.29 is 9.15 Å². The van der Waals surface area contributed by atoms with Crippen molar-refractivity contribution in [2.45, 2.75) is 0 Å². The fraction of sp³-hybridized carbons (Fsp3) is 0. The molecule has 1 aromatic heterocycles. The molecule has 0 aliphatic heterocycles. The highest BCUT2D eigenvalue weighted by Crippen LogP contribution is 2.33. The summed E-state index contributed by atoms with van der Waals surface area (Å²) in [6.07, 6.45) is 0. The van der Waals surface area contributed by atoms with E-state index < -0.39 is 0 Å². The number of fused-ring (bicyclic) bond motifs is 3. The van der Waals surface area contributed by atoms with Crippen LogP contribution >= 0.6 is 22.6 Å². The Bertz CT molecular complexity index is 940. The molecule has 0 N–H and O–H groups in total. The van der Waals surface area contributed by atoms with Gasteiger partial charge in [0.05, 0.1) is 3.57 Å². The van der Waals surface area contributed by atoms with E-state index in [4.69, 9.17) is 9.15 Å². The molecule has 0 amide bonds. The summed E-state index contributed by atoms with van der Waals surface area (Å²) in [5.41, 5.74) is 1.78. The summed E-state index contributed by atoms with van der Waals surface area (Å²) in [6.45, 7) is 0. The second kappa shape index (κ2) is 5.07. The Kier molecular flexibility index (Phi) is 3.07. The molecule has 0 aliphatic carbocycles. The molecule has 102 valence electrons. The first kappa shape index (κ1) is 12.7. The van der Waals surface area contributed by atoms with Crippen molar-refractivity contribution in [3.8, 4) is 11.5 Å². The molecule has 0 unspecified atom stereocenters. The van der Waals surface area contributed by atoms with Gasteiger partial charge in [-0.1, -0.05) is 30.3 Å². The molecule has 0 atom stereocenters. The largest absolute Gasteiger partial charge is 0.456 e. The lowest BCUT2D eigenvalue weighted by Gasteiger charge is -2.07. The van der Waals surface area contributed by atoms with Crippen LogP contribution in [0.2, 0.25) is 0 Å². The van der Waals surface area contributed by atoms with Gasteiger partial charge in [0.15, 0.2) is 0 Å². The third-order valence-electron chi connectivity index (χ3n) is 3.41. The van der Waals surface area contributed by atoms with Crippen LogP contribution in [0, 0.1) is 3.57 Å². The molecule has 1 heterocycles. The second-order valence-corrected chi connectivity index (χ2v) is 5.95. The van der Waals surface area contributed by atoms with Gasteiger partial charge in [-0.05, 0) is 59.0 Å². The highest BCUT2D eigenvalue weighted by atomic mass is 127. The first-order valence-corrected chi connectivity index (χ1v) is 7.73. The summed E-state index contributed by atoms with van der Waals surface area (Å²) >= 11 is 2.27. The topological polar surface area (TPSA) is 22.4 Å². The molecule has 4 rings (SSSR count). The van der Waals surface area contributed by atoms with Crippen LogP contribution in [-0.2, 0) is 0 Å². The van der Waals surface area contributed by atoms with Crippen LogP contribution in [-0.4, -0.2) is 0 Å². The maximum absolute atomic E-state index is 5.99. The maximum atomic E-state index is 5.99. The highest BCUT2D eigenvalue weighted by Gasteiger charge is 2.08. The van der Waals surface area contributed by atoms with E-state index in [0.29, 0.717) is 0 Å². The Balaban J connectivity index is 1.83. The monoisotopic (exact) mass is 386 g/mol. The summed E-state index contributed by atoms with van der Waals surface area (Å²) in [5.74, 6) is 1.68. The van der Waals surface area contributed by atoms with Crippen molar-refractivity contribution in [1.29, 1.82) is 0 Å². The first-order valence-electron chi connectivity index (χ1n) is 6.65. The molecule has 0 aliphatic rings. The Morgan fingerprint density at radius 2 is 1.52 bits per heavy atom. The smallest absolute Gasteiger partial charge is 0.140 e. The number of furan rings is 1. The molecule has 0 saturated carbocycles.